The van der Waals surface area contributed by atoms with Crippen LogP contribution in [0.2, 0.25) is 0 Å². The molecule has 1 aromatic carbocycles. The van der Waals surface area contributed by atoms with Gasteiger partial charge < -0.3 is 5.73 Å². The van der Waals surface area contributed by atoms with Crippen molar-refractivity contribution in [2.75, 3.05) is 5.75 Å². The summed E-state index contributed by atoms with van der Waals surface area (Å²) in [6.07, 6.45) is 0. The zero-order chi connectivity index (χ0) is 11.3. The normalized spacial score (nSPS) is 11.0. The first-order chi connectivity index (χ1) is 7.13. The molecule has 84 valence electrons. The van der Waals surface area contributed by atoms with E-state index >= 15 is 0 Å². The molecular weight excluding hydrogens is 209 g/mol. The lowest BCUT2D eigenvalue weighted by atomic mass is 10.1. The first-order valence-corrected chi connectivity index (χ1v) is 6.34. The lowest BCUT2D eigenvalue weighted by molar-refractivity contribution is 0.616. The summed E-state index contributed by atoms with van der Waals surface area (Å²) in [5.74, 6) is 2.32. The third kappa shape index (κ3) is 4.22. The quantitative estimate of drug-likeness (QED) is 0.836. The molecule has 0 fully saturated rings. The first kappa shape index (κ1) is 12.5. The van der Waals surface area contributed by atoms with E-state index in [1.54, 1.807) is 17.8 Å². The maximum Gasteiger partial charge on any atom is 0.127 e. The molecule has 1 rings (SSSR count). The second-order valence-corrected chi connectivity index (χ2v) is 5.07. The van der Waals surface area contributed by atoms with E-state index in [1.807, 2.05) is 6.07 Å². The molecule has 0 spiro atoms. The summed E-state index contributed by atoms with van der Waals surface area (Å²) in [4.78, 5) is 0. The minimum Gasteiger partial charge on any atom is -0.326 e. The molecule has 0 aliphatic heterocycles. The van der Waals surface area contributed by atoms with Crippen LogP contribution in [0.1, 0.15) is 25.0 Å². The average Bonchev–Trinajstić information content (AvgIpc) is 2.20. The fourth-order valence-electron chi connectivity index (χ4n) is 1.27. The van der Waals surface area contributed by atoms with Gasteiger partial charge >= 0.3 is 0 Å². The van der Waals surface area contributed by atoms with E-state index in [1.165, 1.54) is 6.07 Å². The van der Waals surface area contributed by atoms with E-state index in [0.717, 1.165) is 22.6 Å². The van der Waals surface area contributed by atoms with Crippen molar-refractivity contribution in [2.24, 2.45) is 11.7 Å². The average molecular weight is 227 g/mol. The van der Waals surface area contributed by atoms with Crippen molar-refractivity contribution < 1.29 is 4.39 Å². The van der Waals surface area contributed by atoms with Crippen molar-refractivity contribution in [2.45, 2.75) is 26.1 Å². The molecule has 0 bridgehead atoms. The molecule has 1 aromatic rings. The molecule has 0 aliphatic rings. The number of halogens is 1. The highest BCUT2D eigenvalue weighted by Gasteiger charge is 2.04. The van der Waals surface area contributed by atoms with Gasteiger partial charge in [0.25, 0.3) is 0 Å². The van der Waals surface area contributed by atoms with E-state index < -0.39 is 0 Å². The minimum atomic E-state index is -0.122. The summed E-state index contributed by atoms with van der Waals surface area (Å²) < 4.78 is 13.4. The Labute approximate surface area is 95.2 Å². The molecular formula is C12H18FNS. The fraction of sp³-hybridized carbons (Fsp3) is 0.500. The summed E-state index contributed by atoms with van der Waals surface area (Å²) in [7, 11) is 0. The van der Waals surface area contributed by atoms with Crippen LogP contribution in [0.25, 0.3) is 0 Å². The Morgan fingerprint density at radius 2 is 2.13 bits per heavy atom. The van der Waals surface area contributed by atoms with Gasteiger partial charge in [-0.05, 0) is 28.9 Å². The number of nitrogens with two attached hydrogens (primary N) is 1. The Morgan fingerprint density at radius 3 is 2.73 bits per heavy atom. The molecule has 3 heteroatoms. The maximum atomic E-state index is 13.4. The number of benzene rings is 1. The highest BCUT2D eigenvalue weighted by molar-refractivity contribution is 7.98. The van der Waals surface area contributed by atoms with Crippen molar-refractivity contribution in [3.63, 3.8) is 0 Å². The van der Waals surface area contributed by atoms with E-state index in [9.17, 15) is 4.39 Å². The van der Waals surface area contributed by atoms with Gasteiger partial charge in [-0.25, -0.2) is 4.39 Å². The van der Waals surface area contributed by atoms with Gasteiger partial charge in [0.1, 0.15) is 5.82 Å². The molecule has 2 N–H and O–H groups in total. The number of hydrogen-bond donors (Lipinski definition) is 1. The molecule has 15 heavy (non-hydrogen) atoms. The number of rotatable bonds is 5. The molecule has 0 unspecified atom stereocenters. The lowest BCUT2D eigenvalue weighted by Crippen LogP contribution is -1.99. The van der Waals surface area contributed by atoms with Crippen LogP contribution in [0.15, 0.2) is 18.2 Å². The Morgan fingerprint density at radius 1 is 1.40 bits per heavy atom. The monoisotopic (exact) mass is 227 g/mol. The second-order valence-electron chi connectivity index (χ2n) is 4.04. The van der Waals surface area contributed by atoms with Crippen LogP contribution in [0.3, 0.4) is 0 Å². The lowest BCUT2D eigenvalue weighted by Gasteiger charge is -2.07. The molecule has 0 amide bonds. The summed E-state index contributed by atoms with van der Waals surface area (Å²) in [5.41, 5.74) is 7.28. The highest BCUT2D eigenvalue weighted by Crippen LogP contribution is 2.19. The number of hydrogen-bond acceptors (Lipinski definition) is 2. The molecule has 0 radical (unpaired) electrons. The molecule has 1 nitrogen and oxygen atoms in total. The van der Waals surface area contributed by atoms with Crippen LogP contribution < -0.4 is 5.73 Å². The first-order valence-electron chi connectivity index (χ1n) is 5.18. The standard InChI is InChI=1S/C12H18FNS/c1-9(2)7-15-8-11-5-10(6-14)3-4-12(11)13/h3-5,9H,6-8,14H2,1-2H3. The Balaban J connectivity index is 2.59. The SMILES string of the molecule is CC(C)CSCc1cc(CN)ccc1F. The van der Waals surface area contributed by atoms with E-state index in [0.29, 0.717) is 12.5 Å². The Kier molecular flexibility index (Phi) is 5.12. The van der Waals surface area contributed by atoms with Gasteiger partial charge in [0.05, 0.1) is 0 Å². The van der Waals surface area contributed by atoms with Crippen LogP contribution in [0, 0.1) is 11.7 Å². The Hall–Kier alpha value is -0.540. The van der Waals surface area contributed by atoms with E-state index in [-0.39, 0.29) is 5.82 Å². The van der Waals surface area contributed by atoms with Gasteiger partial charge in [-0.3, -0.25) is 0 Å². The molecule has 0 heterocycles. The van der Waals surface area contributed by atoms with Crippen LogP contribution >= 0.6 is 11.8 Å². The Bertz CT molecular complexity index is 312. The van der Waals surface area contributed by atoms with Gasteiger partial charge in [-0.2, -0.15) is 11.8 Å². The zero-order valence-corrected chi connectivity index (χ0v) is 10.1. The van der Waals surface area contributed by atoms with Crippen molar-refractivity contribution in [3.05, 3.63) is 35.1 Å². The van der Waals surface area contributed by atoms with Crippen molar-refractivity contribution in [3.8, 4) is 0 Å². The smallest absolute Gasteiger partial charge is 0.127 e. The minimum absolute atomic E-state index is 0.122. The molecule has 0 saturated carbocycles. The van der Waals surface area contributed by atoms with Crippen molar-refractivity contribution in [1.29, 1.82) is 0 Å². The molecule has 0 aromatic heterocycles. The van der Waals surface area contributed by atoms with Crippen LogP contribution in [0.5, 0.6) is 0 Å². The van der Waals surface area contributed by atoms with Crippen LogP contribution in [-0.4, -0.2) is 5.75 Å². The van der Waals surface area contributed by atoms with E-state index in [2.05, 4.69) is 13.8 Å². The largest absolute Gasteiger partial charge is 0.326 e. The second kappa shape index (κ2) is 6.13. The van der Waals surface area contributed by atoms with Crippen LogP contribution in [0.4, 0.5) is 4.39 Å². The highest BCUT2D eigenvalue weighted by atomic mass is 32.2. The van der Waals surface area contributed by atoms with Gasteiger partial charge in [0, 0.05) is 12.3 Å². The van der Waals surface area contributed by atoms with Gasteiger partial charge in [-0.1, -0.05) is 26.0 Å². The predicted octanol–water partition coefficient (Wildman–Crippen LogP) is 3.17. The maximum absolute atomic E-state index is 13.4. The summed E-state index contributed by atoms with van der Waals surface area (Å²) in [5, 5.41) is 0. The predicted molar refractivity (Wildman–Crippen MR) is 65.3 cm³/mol. The number of thioether (sulfide) groups is 1. The molecule has 0 atom stereocenters. The van der Waals surface area contributed by atoms with Crippen molar-refractivity contribution in [1.82, 2.24) is 0 Å². The third-order valence-corrected chi connectivity index (χ3v) is 3.47. The summed E-state index contributed by atoms with van der Waals surface area (Å²) in [6, 6.07) is 5.11. The molecule has 0 aliphatic carbocycles. The zero-order valence-electron chi connectivity index (χ0n) is 9.29. The summed E-state index contributed by atoms with van der Waals surface area (Å²) >= 11 is 1.77. The van der Waals surface area contributed by atoms with E-state index in [4.69, 9.17) is 5.73 Å². The fourth-order valence-corrected chi connectivity index (χ4v) is 2.30. The van der Waals surface area contributed by atoms with Gasteiger partial charge in [0.2, 0.25) is 0 Å². The van der Waals surface area contributed by atoms with Gasteiger partial charge in [-0.15, -0.1) is 0 Å². The molecule has 0 saturated heterocycles. The summed E-state index contributed by atoms with van der Waals surface area (Å²) in [6.45, 7) is 4.81. The third-order valence-electron chi connectivity index (χ3n) is 2.05. The van der Waals surface area contributed by atoms with Gasteiger partial charge in [0.15, 0.2) is 0 Å². The topological polar surface area (TPSA) is 26.0 Å². The van der Waals surface area contributed by atoms with Crippen molar-refractivity contribution >= 4 is 11.8 Å². The van der Waals surface area contributed by atoms with Crippen LogP contribution in [-0.2, 0) is 12.3 Å².